The van der Waals surface area contributed by atoms with Crippen molar-refractivity contribution in [2.45, 2.75) is 6.54 Å². The molecule has 0 spiro atoms. The SMILES string of the molecule is COc1ccc(-n2ncc(CN3CCOCC3)c2N)cc1. The van der Waals surface area contributed by atoms with Crippen molar-refractivity contribution in [1.82, 2.24) is 14.7 Å². The smallest absolute Gasteiger partial charge is 0.131 e. The van der Waals surface area contributed by atoms with Crippen LogP contribution in [0.25, 0.3) is 5.69 Å². The van der Waals surface area contributed by atoms with Crippen LogP contribution in [0.15, 0.2) is 30.5 Å². The molecule has 21 heavy (non-hydrogen) atoms. The van der Waals surface area contributed by atoms with Gasteiger partial charge in [0.15, 0.2) is 0 Å². The van der Waals surface area contributed by atoms with Crippen molar-refractivity contribution in [2.24, 2.45) is 0 Å². The number of rotatable bonds is 4. The minimum absolute atomic E-state index is 0.687. The fourth-order valence-electron chi connectivity index (χ4n) is 2.44. The normalized spacial score (nSPS) is 16.0. The summed E-state index contributed by atoms with van der Waals surface area (Å²) in [7, 11) is 1.65. The van der Waals surface area contributed by atoms with E-state index in [0.717, 1.165) is 49.8 Å². The number of ether oxygens (including phenoxy) is 2. The van der Waals surface area contributed by atoms with Crippen LogP contribution in [-0.2, 0) is 11.3 Å². The Hall–Kier alpha value is -2.05. The van der Waals surface area contributed by atoms with Crippen LogP contribution in [0.5, 0.6) is 5.75 Å². The number of benzene rings is 1. The van der Waals surface area contributed by atoms with Crippen LogP contribution in [0, 0.1) is 0 Å². The van der Waals surface area contributed by atoms with Gasteiger partial charge in [0.25, 0.3) is 0 Å². The minimum Gasteiger partial charge on any atom is -0.497 e. The molecule has 0 radical (unpaired) electrons. The Morgan fingerprint density at radius 3 is 2.62 bits per heavy atom. The van der Waals surface area contributed by atoms with E-state index in [0.29, 0.717) is 5.82 Å². The number of hydrogen-bond acceptors (Lipinski definition) is 5. The van der Waals surface area contributed by atoms with Gasteiger partial charge >= 0.3 is 0 Å². The quantitative estimate of drug-likeness (QED) is 0.918. The maximum Gasteiger partial charge on any atom is 0.131 e. The number of nitrogens with two attached hydrogens (primary N) is 1. The van der Waals surface area contributed by atoms with Gasteiger partial charge in [0.2, 0.25) is 0 Å². The zero-order valence-electron chi connectivity index (χ0n) is 12.2. The molecule has 1 aromatic carbocycles. The van der Waals surface area contributed by atoms with Gasteiger partial charge in [0, 0.05) is 25.2 Å². The molecular weight excluding hydrogens is 268 g/mol. The molecule has 0 atom stereocenters. The summed E-state index contributed by atoms with van der Waals surface area (Å²) < 4.78 is 12.3. The first-order chi connectivity index (χ1) is 10.3. The Labute approximate surface area is 124 Å². The Balaban J connectivity index is 1.77. The maximum atomic E-state index is 6.23. The van der Waals surface area contributed by atoms with Gasteiger partial charge in [-0.2, -0.15) is 5.10 Å². The summed E-state index contributed by atoms with van der Waals surface area (Å²) in [5.74, 6) is 1.50. The number of anilines is 1. The molecule has 0 amide bonds. The van der Waals surface area contributed by atoms with Crippen LogP contribution >= 0.6 is 0 Å². The van der Waals surface area contributed by atoms with E-state index in [2.05, 4.69) is 10.00 Å². The third kappa shape index (κ3) is 3.01. The summed E-state index contributed by atoms with van der Waals surface area (Å²) in [5.41, 5.74) is 8.22. The lowest BCUT2D eigenvalue weighted by molar-refractivity contribution is 0.0343. The molecule has 1 fully saturated rings. The molecular formula is C15H20N4O2. The molecule has 2 N–H and O–H groups in total. The summed E-state index contributed by atoms with van der Waals surface area (Å²) in [6, 6.07) is 7.69. The predicted octanol–water partition coefficient (Wildman–Crippen LogP) is 1.30. The highest BCUT2D eigenvalue weighted by atomic mass is 16.5. The molecule has 2 heterocycles. The number of hydrogen-bond donors (Lipinski definition) is 1. The van der Waals surface area contributed by atoms with Gasteiger partial charge in [-0.3, -0.25) is 4.90 Å². The van der Waals surface area contributed by atoms with Crippen LogP contribution in [0.2, 0.25) is 0 Å². The summed E-state index contributed by atoms with van der Waals surface area (Å²) >= 11 is 0. The maximum absolute atomic E-state index is 6.23. The molecule has 0 aliphatic carbocycles. The Kier molecular flexibility index (Phi) is 4.08. The van der Waals surface area contributed by atoms with Crippen molar-refractivity contribution >= 4 is 5.82 Å². The highest BCUT2D eigenvalue weighted by molar-refractivity contribution is 5.48. The van der Waals surface area contributed by atoms with E-state index in [1.807, 2.05) is 30.5 Å². The highest BCUT2D eigenvalue weighted by Crippen LogP contribution is 2.21. The number of methoxy groups -OCH3 is 1. The Morgan fingerprint density at radius 1 is 1.24 bits per heavy atom. The van der Waals surface area contributed by atoms with E-state index in [9.17, 15) is 0 Å². The van der Waals surface area contributed by atoms with Gasteiger partial charge < -0.3 is 15.2 Å². The van der Waals surface area contributed by atoms with Crippen molar-refractivity contribution in [3.05, 3.63) is 36.0 Å². The summed E-state index contributed by atoms with van der Waals surface area (Å²) in [6.07, 6.45) is 1.84. The zero-order valence-corrected chi connectivity index (χ0v) is 12.2. The van der Waals surface area contributed by atoms with Gasteiger partial charge in [-0.15, -0.1) is 0 Å². The van der Waals surface area contributed by atoms with Crippen LogP contribution in [-0.4, -0.2) is 48.1 Å². The minimum atomic E-state index is 0.687. The standard InChI is InChI=1S/C15H20N4O2/c1-20-14-4-2-13(3-5-14)19-15(16)12(10-17-19)11-18-6-8-21-9-7-18/h2-5,10H,6-9,11,16H2,1H3. The number of aromatic nitrogens is 2. The lowest BCUT2D eigenvalue weighted by atomic mass is 10.2. The highest BCUT2D eigenvalue weighted by Gasteiger charge is 2.15. The van der Waals surface area contributed by atoms with Crippen LogP contribution < -0.4 is 10.5 Å². The van der Waals surface area contributed by atoms with Gasteiger partial charge in [-0.05, 0) is 24.3 Å². The van der Waals surface area contributed by atoms with Gasteiger partial charge in [0.05, 0.1) is 32.2 Å². The topological polar surface area (TPSA) is 65.5 Å². The van der Waals surface area contributed by atoms with Crippen LogP contribution in [0.1, 0.15) is 5.56 Å². The molecule has 1 aliphatic rings. The average molecular weight is 288 g/mol. The number of nitrogen functional groups attached to an aromatic ring is 1. The van der Waals surface area contributed by atoms with Gasteiger partial charge in [-0.1, -0.05) is 0 Å². The molecule has 0 saturated carbocycles. The van der Waals surface area contributed by atoms with E-state index in [4.69, 9.17) is 15.2 Å². The third-order valence-electron chi connectivity index (χ3n) is 3.70. The van der Waals surface area contributed by atoms with Gasteiger partial charge in [-0.25, -0.2) is 4.68 Å². The lowest BCUT2D eigenvalue weighted by Gasteiger charge is -2.26. The first kappa shape index (κ1) is 13.9. The van der Waals surface area contributed by atoms with E-state index in [1.165, 1.54) is 0 Å². The molecule has 0 bridgehead atoms. The summed E-state index contributed by atoms with van der Waals surface area (Å²) in [4.78, 5) is 2.33. The largest absolute Gasteiger partial charge is 0.497 e. The molecule has 112 valence electrons. The molecule has 1 aromatic heterocycles. The van der Waals surface area contributed by atoms with E-state index < -0.39 is 0 Å². The fourth-order valence-corrected chi connectivity index (χ4v) is 2.44. The first-order valence-electron chi connectivity index (χ1n) is 7.05. The lowest BCUT2D eigenvalue weighted by Crippen LogP contribution is -2.35. The van der Waals surface area contributed by atoms with E-state index >= 15 is 0 Å². The van der Waals surface area contributed by atoms with Gasteiger partial charge in [0.1, 0.15) is 11.6 Å². The predicted molar refractivity (Wildman–Crippen MR) is 80.6 cm³/mol. The molecule has 6 nitrogen and oxygen atoms in total. The first-order valence-corrected chi connectivity index (χ1v) is 7.05. The van der Waals surface area contributed by atoms with Crippen molar-refractivity contribution < 1.29 is 9.47 Å². The zero-order chi connectivity index (χ0) is 14.7. The van der Waals surface area contributed by atoms with Crippen LogP contribution in [0.4, 0.5) is 5.82 Å². The average Bonchev–Trinajstić information content (AvgIpc) is 2.89. The molecule has 6 heteroatoms. The number of nitrogens with zero attached hydrogens (tertiary/aromatic N) is 3. The second kappa shape index (κ2) is 6.15. The summed E-state index contributed by atoms with van der Waals surface area (Å²) in [6.45, 7) is 4.25. The van der Waals surface area contributed by atoms with E-state index in [-0.39, 0.29) is 0 Å². The van der Waals surface area contributed by atoms with Crippen LogP contribution in [0.3, 0.4) is 0 Å². The fraction of sp³-hybridized carbons (Fsp3) is 0.400. The van der Waals surface area contributed by atoms with Crippen molar-refractivity contribution in [3.63, 3.8) is 0 Å². The second-order valence-corrected chi connectivity index (χ2v) is 5.05. The van der Waals surface area contributed by atoms with Crippen molar-refractivity contribution in [3.8, 4) is 11.4 Å². The molecule has 1 saturated heterocycles. The Morgan fingerprint density at radius 2 is 1.95 bits per heavy atom. The number of morpholine rings is 1. The molecule has 1 aliphatic heterocycles. The van der Waals surface area contributed by atoms with Crippen molar-refractivity contribution in [2.75, 3.05) is 39.1 Å². The van der Waals surface area contributed by atoms with E-state index in [1.54, 1.807) is 11.8 Å². The summed E-state index contributed by atoms with van der Waals surface area (Å²) in [5, 5.41) is 4.40. The monoisotopic (exact) mass is 288 g/mol. The third-order valence-corrected chi connectivity index (χ3v) is 3.70. The Bertz CT molecular complexity index is 588. The molecule has 0 unspecified atom stereocenters. The molecule has 3 rings (SSSR count). The molecule has 2 aromatic rings. The van der Waals surface area contributed by atoms with Crippen molar-refractivity contribution in [1.29, 1.82) is 0 Å². The second-order valence-electron chi connectivity index (χ2n) is 5.05.